The average molecular weight is 228 g/mol. The van der Waals surface area contributed by atoms with Gasteiger partial charge in [0.25, 0.3) is 0 Å². The van der Waals surface area contributed by atoms with Gasteiger partial charge in [-0.05, 0) is 19.1 Å². The van der Waals surface area contributed by atoms with Crippen molar-refractivity contribution in [3.63, 3.8) is 0 Å². The van der Waals surface area contributed by atoms with Gasteiger partial charge in [0.05, 0.1) is 24.6 Å². The Morgan fingerprint density at radius 2 is 2.24 bits per heavy atom. The lowest BCUT2D eigenvalue weighted by Gasteiger charge is -2.06. The number of fused-ring (bicyclic) bond motifs is 1. The summed E-state index contributed by atoms with van der Waals surface area (Å²) >= 11 is 0. The van der Waals surface area contributed by atoms with Crippen molar-refractivity contribution in [2.75, 3.05) is 6.61 Å². The summed E-state index contributed by atoms with van der Waals surface area (Å²) in [5, 5.41) is 9.70. The van der Waals surface area contributed by atoms with Gasteiger partial charge >= 0.3 is 6.09 Å². The van der Waals surface area contributed by atoms with E-state index in [2.05, 4.69) is 6.07 Å². The molecule has 2 aromatic rings. The molecular formula is C13H12N2O2. The quantitative estimate of drug-likeness (QED) is 0.794. The SMILES string of the molecule is CCOC(=O)n1c(CC#N)cc2ccccc21. The average Bonchev–Trinajstić information content (AvgIpc) is 2.67. The van der Waals surface area contributed by atoms with E-state index in [1.54, 1.807) is 6.92 Å². The van der Waals surface area contributed by atoms with Crippen LogP contribution in [0.1, 0.15) is 12.6 Å². The molecule has 0 fully saturated rings. The molecule has 0 radical (unpaired) electrons. The molecule has 0 aliphatic heterocycles. The van der Waals surface area contributed by atoms with Gasteiger partial charge < -0.3 is 4.74 Å². The minimum atomic E-state index is -0.432. The lowest BCUT2D eigenvalue weighted by molar-refractivity contribution is 0.154. The van der Waals surface area contributed by atoms with Crippen molar-refractivity contribution < 1.29 is 9.53 Å². The van der Waals surface area contributed by atoms with Crippen LogP contribution in [-0.2, 0) is 11.2 Å². The Hall–Kier alpha value is -2.28. The van der Waals surface area contributed by atoms with Gasteiger partial charge in [0, 0.05) is 11.1 Å². The number of benzene rings is 1. The minimum absolute atomic E-state index is 0.188. The molecule has 0 atom stereocenters. The number of aromatic nitrogens is 1. The number of ether oxygens (including phenoxy) is 1. The second-order valence-electron chi connectivity index (χ2n) is 3.56. The van der Waals surface area contributed by atoms with Gasteiger partial charge in [0.1, 0.15) is 0 Å². The molecule has 1 aromatic heterocycles. The highest BCUT2D eigenvalue weighted by Crippen LogP contribution is 2.20. The van der Waals surface area contributed by atoms with E-state index in [1.807, 2.05) is 30.3 Å². The fourth-order valence-corrected chi connectivity index (χ4v) is 1.83. The Kier molecular flexibility index (Phi) is 3.10. The highest BCUT2D eigenvalue weighted by atomic mass is 16.5. The van der Waals surface area contributed by atoms with Crippen LogP contribution >= 0.6 is 0 Å². The summed E-state index contributed by atoms with van der Waals surface area (Å²) in [6.45, 7) is 2.07. The summed E-state index contributed by atoms with van der Waals surface area (Å²) in [5.74, 6) is 0. The Morgan fingerprint density at radius 1 is 1.47 bits per heavy atom. The van der Waals surface area contributed by atoms with E-state index >= 15 is 0 Å². The fraction of sp³-hybridized carbons (Fsp3) is 0.231. The predicted molar refractivity (Wildman–Crippen MR) is 63.7 cm³/mol. The van der Waals surface area contributed by atoms with Crippen molar-refractivity contribution in [2.45, 2.75) is 13.3 Å². The summed E-state index contributed by atoms with van der Waals surface area (Å²) in [6.07, 6.45) is -0.244. The van der Waals surface area contributed by atoms with Gasteiger partial charge in [0.2, 0.25) is 0 Å². The van der Waals surface area contributed by atoms with Crippen molar-refractivity contribution in [3.8, 4) is 6.07 Å². The number of hydrogen-bond donors (Lipinski definition) is 0. The Balaban J connectivity index is 2.60. The first kappa shape index (κ1) is 11.2. The molecule has 17 heavy (non-hydrogen) atoms. The number of hydrogen-bond acceptors (Lipinski definition) is 3. The number of nitrogens with zero attached hydrogens (tertiary/aromatic N) is 2. The third-order valence-corrected chi connectivity index (χ3v) is 2.50. The summed E-state index contributed by atoms with van der Waals surface area (Å²) < 4.78 is 6.46. The van der Waals surface area contributed by atoms with Crippen LogP contribution in [0.2, 0.25) is 0 Å². The minimum Gasteiger partial charge on any atom is -0.449 e. The molecule has 0 saturated carbocycles. The number of rotatable bonds is 2. The maximum atomic E-state index is 11.8. The van der Waals surface area contributed by atoms with Crippen LogP contribution in [0.5, 0.6) is 0 Å². The highest BCUT2D eigenvalue weighted by Gasteiger charge is 2.15. The van der Waals surface area contributed by atoms with Crippen LogP contribution in [0, 0.1) is 11.3 Å². The van der Waals surface area contributed by atoms with E-state index in [1.165, 1.54) is 4.57 Å². The first-order chi connectivity index (χ1) is 8.27. The fourth-order valence-electron chi connectivity index (χ4n) is 1.83. The molecule has 0 N–H and O–H groups in total. The second kappa shape index (κ2) is 4.71. The van der Waals surface area contributed by atoms with Crippen molar-refractivity contribution >= 4 is 17.0 Å². The van der Waals surface area contributed by atoms with Gasteiger partial charge in [-0.3, -0.25) is 0 Å². The molecule has 0 amide bonds. The molecule has 4 heteroatoms. The van der Waals surface area contributed by atoms with Crippen LogP contribution in [0.4, 0.5) is 4.79 Å². The summed E-state index contributed by atoms with van der Waals surface area (Å²) in [7, 11) is 0. The maximum Gasteiger partial charge on any atom is 0.418 e. The van der Waals surface area contributed by atoms with Crippen LogP contribution in [0.3, 0.4) is 0 Å². The molecule has 1 aromatic carbocycles. The molecular weight excluding hydrogens is 216 g/mol. The van der Waals surface area contributed by atoms with E-state index in [-0.39, 0.29) is 6.42 Å². The van der Waals surface area contributed by atoms with Crippen molar-refractivity contribution in [1.82, 2.24) is 4.57 Å². The zero-order valence-corrected chi connectivity index (χ0v) is 9.51. The third kappa shape index (κ3) is 2.00. The first-order valence-corrected chi connectivity index (χ1v) is 5.41. The molecule has 1 heterocycles. The van der Waals surface area contributed by atoms with Crippen molar-refractivity contribution in [3.05, 3.63) is 36.0 Å². The van der Waals surface area contributed by atoms with Crippen molar-refractivity contribution in [1.29, 1.82) is 5.26 Å². The standard InChI is InChI=1S/C13H12N2O2/c1-2-17-13(16)15-11(7-8-14)9-10-5-3-4-6-12(10)15/h3-6,9H,2,7H2,1H3. The molecule has 86 valence electrons. The maximum absolute atomic E-state index is 11.8. The normalized spacial score (nSPS) is 10.1. The van der Waals surface area contributed by atoms with E-state index in [0.717, 1.165) is 10.9 Å². The van der Waals surface area contributed by atoms with Gasteiger partial charge in [-0.2, -0.15) is 5.26 Å². The monoisotopic (exact) mass is 228 g/mol. The third-order valence-electron chi connectivity index (χ3n) is 2.50. The van der Waals surface area contributed by atoms with Gasteiger partial charge in [0.15, 0.2) is 0 Å². The van der Waals surface area contributed by atoms with E-state index < -0.39 is 6.09 Å². The smallest absolute Gasteiger partial charge is 0.418 e. The van der Waals surface area contributed by atoms with Gasteiger partial charge in [-0.15, -0.1) is 0 Å². The number of carbonyl (C=O) groups excluding carboxylic acids is 1. The zero-order valence-electron chi connectivity index (χ0n) is 9.51. The lowest BCUT2D eigenvalue weighted by atomic mass is 10.2. The van der Waals surface area contributed by atoms with Crippen molar-refractivity contribution in [2.24, 2.45) is 0 Å². The lowest BCUT2D eigenvalue weighted by Crippen LogP contribution is -2.15. The summed E-state index contributed by atoms with van der Waals surface area (Å²) in [4.78, 5) is 11.8. The molecule has 0 saturated heterocycles. The van der Waals surface area contributed by atoms with Gasteiger partial charge in [-0.25, -0.2) is 9.36 Å². The molecule has 4 nitrogen and oxygen atoms in total. The molecule has 0 bridgehead atoms. The number of carbonyl (C=O) groups is 1. The first-order valence-electron chi connectivity index (χ1n) is 5.41. The Morgan fingerprint density at radius 3 is 2.94 bits per heavy atom. The van der Waals surface area contributed by atoms with Gasteiger partial charge in [-0.1, -0.05) is 18.2 Å². The molecule has 2 rings (SSSR count). The van der Waals surface area contributed by atoms with Crippen LogP contribution in [-0.4, -0.2) is 17.3 Å². The highest BCUT2D eigenvalue weighted by molar-refractivity contribution is 5.90. The largest absolute Gasteiger partial charge is 0.449 e. The molecule has 0 aliphatic rings. The molecule has 0 aliphatic carbocycles. The second-order valence-corrected chi connectivity index (χ2v) is 3.56. The zero-order chi connectivity index (χ0) is 12.3. The number of nitriles is 1. The Bertz CT molecular complexity index is 593. The predicted octanol–water partition coefficient (Wildman–Crippen LogP) is 2.71. The van der Waals surface area contributed by atoms with Crippen LogP contribution in [0.15, 0.2) is 30.3 Å². The van der Waals surface area contributed by atoms with E-state index in [4.69, 9.17) is 10.00 Å². The summed E-state index contributed by atoms with van der Waals surface area (Å²) in [6, 6.07) is 11.4. The van der Waals surface area contributed by atoms with Crippen LogP contribution < -0.4 is 0 Å². The Labute approximate surface area is 99.0 Å². The molecule has 0 spiro atoms. The molecule has 0 unspecified atom stereocenters. The van der Waals surface area contributed by atoms with E-state index in [9.17, 15) is 4.79 Å². The van der Waals surface area contributed by atoms with E-state index in [0.29, 0.717) is 12.3 Å². The number of para-hydroxylation sites is 1. The topological polar surface area (TPSA) is 55.0 Å². The summed E-state index contributed by atoms with van der Waals surface area (Å²) in [5.41, 5.74) is 1.43. The van der Waals surface area contributed by atoms with Crippen LogP contribution in [0.25, 0.3) is 10.9 Å².